The normalized spacial score (nSPS) is 11.3. The maximum atomic E-state index is 9.57. The highest BCUT2D eigenvalue weighted by Crippen LogP contribution is 2.32. The zero-order valence-electron chi connectivity index (χ0n) is 14.2. The molecule has 0 spiro atoms. The lowest BCUT2D eigenvalue weighted by Crippen LogP contribution is -2.01. The number of hydrogen-bond donors (Lipinski definition) is 0. The quantitative estimate of drug-likeness (QED) is 0.564. The predicted octanol–water partition coefficient (Wildman–Crippen LogP) is 3.74. The Bertz CT molecular complexity index is 1150. The monoisotopic (exact) mass is 348 g/mol. The van der Waals surface area contributed by atoms with Crippen molar-refractivity contribution in [3.05, 3.63) is 47.3 Å². The Morgan fingerprint density at radius 3 is 2.76 bits per heavy atom. The lowest BCUT2D eigenvalue weighted by Gasteiger charge is -2.10. The first-order valence-electron chi connectivity index (χ1n) is 8.02. The van der Waals surface area contributed by atoms with Crippen molar-refractivity contribution in [2.75, 3.05) is 0 Å². The number of aromatic nitrogens is 5. The molecule has 25 heavy (non-hydrogen) atoms. The van der Waals surface area contributed by atoms with Crippen molar-refractivity contribution in [3.8, 4) is 6.07 Å². The molecule has 1 aromatic carbocycles. The van der Waals surface area contributed by atoms with Gasteiger partial charge in [-0.05, 0) is 56.3 Å². The fourth-order valence-corrected chi connectivity index (χ4v) is 4.17. The molecule has 7 heteroatoms. The molecule has 0 saturated heterocycles. The summed E-state index contributed by atoms with van der Waals surface area (Å²) in [6.45, 7) is 6.78. The van der Waals surface area contributed by atoms with Gasteiger partial charge in [-0.15, -0.1) is 10.2 Å². The number of benzene rings is 1. The van der Waals surface area contributed by atoms with E-state index in [1.807, 2.05) is 48.6 Å². The molecule has 6 nitrogen and oxygen atoms in total. The van der Waals surface area contributed by atoms with Gasteiger partial charge < -0.3 is 4.57 Å². The van der Waals surface area contributed by atoms with E-state index in [-0.39, 0.29) is 0 Å². The maximum Gasteiger partial charge on any atom is 0.197 e. The third-order valence-electron chi connectivity index (χ3n) is 4.26. The van der Waals surface area contributed by atoms with E-state index < -0.39 is 0 Å². The van der Waals surface area contributed by atoms with Crippen LogP contribution in [-0.4, -0.2) is 24.1 Å². The molecule has 0 aliphatic heterocycles. The number of imidazole rings is 1. The summed E-state index contributed by atoms with van der Waals surface area (Å²) >= 11 is 1.54. The summed E-state index contributed by atoms with van der Waals surface area (Å²) in [6, 6.07) is 12.2. The summed E-state index contributed by atoms with van der Waals surface area (Å²) in [7, 11) is 0. The molecule has 3 aromatic heterocycles. The van der Waals surface area contributed by atoms with Crippen LogP contribution in [0.25, 0.3) is 16.7 Å². The molecule has 4 rings (SSSR count). The van der Waals surface area contributed by atoms with Crippen molar-refractivity contribution in [2.24, 2.45) is 0 Å². The molecule has 0 bridgehead atoms. The van der Waals surface area contributed by atoms with E-state index in [1.54, 1.807) is 11.8 Å². The molecular formula is C18H16N6S. The van der Waals surface area contributed by atoms with Crippen LogP contribution in [0.1, 0.15) is 23.9 Å². The van der Waals surface area contributed by atoms with Crippen molar-refractivity contribution in [2.45, 2.75) is 37.5 Å². The topological polar surface area (TPSA) is 71.8 Å². The molecule has 0 amide bonds. The van der Waals surface area contributed by atoms with Crippen molar-refractivity contribution in [3.63, 3.8) is 0 Å². The van der Waals surface area contributed by atoms with Crippen LogP contribution < -0.4 is 0 Å². The van der Waals surface area contributed by atoms with Gasteiger partial charge in [-0.25, -0.2) is 4.98 Å². The number of hydrogen-bond acceptors (Lipinski definition) is 5. The van der Waals surface area contributed by atoms with E-state index in [0.29, 0.717) is 11.2 Å². The number of rotatable bonds is 3. The summed E-state index contributed by atoms with van der Waals surface area (Å²) in [5.74, 6) is 0.891. The Labute approximate surface area is 149 Å². The van der Waals surface area contributed by atoms with Crippen LogP contribution in [0.15, 0.2) is 40.5 Å². The van der Waals surface area contributed by atoms with Crippen molar-refractivity contribution in [1.82, 2.24) is 24.1 Å². The SMILES string of the molecule is CCn1c(C)nnc1Sc1cc(C)c(C#N)c2nc3ccccc3n12. The number of nitrogens with zero attached hydrogens (tertiary/aromatic N) is 6. The second-order valence-corrected chi connectivity index (χ2v) is 6.78. The minimum atomic E-state index is 0.605. The summed E-state index contributed by atoms with van der Waals surface area (Å²) in [5.41, 5.74) is 4.06. The van der Waals surface area contributed by atoms with Gasteiger partial charge in [0.2, 0.25) is 0 Å². The second kappa shape index (κ2) is 5.90. The highest BCUT2D eigenvalue weighted by Gasteiger charge is 2.18. The maximum absolute atomic E-state index is 9.57. The first-order valence-corrected chi connectivity index (χ1v) is 8.84. The number of fused-ring (bicyclic) bond motifs is 3. The summed E-state index contributed by atoms with van der Waals surface area (Å²) in [4.78, 5) is 4.68. The summed E-state index contributed by atoms with van der Waals surface area (Å²) in [5, 5.41) is 19.9. The molecule has 0 N–H and O–H groups in total. The van der Waals surface area contributed by atoms with Gasteiger partial charge in [0, 0.05) is 6.54 Å². The lowest BCUT2D eigenvalue weighted by molar-refractivity contribution is 0.661. The highest BCUT2D eigenvalue weighted by molar-refractivity contribution is 7.99. The van der Waals surface area contributed by atoms with Crippen molar-refractivity contribution >= 4 is 28.4 Å². The van der Waals surface area contributed by atoms with Crippen LogP contribution in [0.3, 0.4) is 0 Å². The van der Waals surface area contributed by atoms with Gasteiger partial charge in [0.1, 0.15) is 11.9 Å². The minimum absolute atomic E-state index is 0.605. The summed E-state index contributed by atoms with van der Waals surface area (Å²) < 4.78 is 4.11. The molecule has 124 valence electrons. The zero-order valence-corrected chi connectivity index (χ0v) is 15.0. The van der Waals surface area contributed by atoms with E-state index in [9.17, 15) is 5.26 Å². The second-order valence-electron chi connectivity index (χ2n) is 5.79. The molecule has 3 heterocycles. The van der Waals surface area contributed by atoms with E-state index in [1.165, 1.54) is 0 Å². The fourth-order valence-electron chi connectivity index (χ4n) is 3.02. The van der Waals surface area contributed by atoms with E-state index in [0.717, 1.165) is 39.1 Å². The Hall–Kier alpha value is -2.85. The average molecular weight is 348 g/mol. The van der Waals surface area contributed by atoms with Crippen molar-refractivity contribution in [1.29, 1.82) is 5.26 Å². The number of pyridine rings is 1. The first-order chi connectivity index (χ1) is 12.1. The molecule has 0 radical (unpaired) electrons. The zero-order chi connectivity index (χ0) is 17.6. The van der Waals surface area contributed by atoms with E-state index in [4.69, 9.17) is 0 Å². The predicted molar refractivity (Wildman–Crippen MR) is 96.7 cm³/mol. The van der Waals surface area contributed by atoms with Crippen LogP contribution in [0.5, 0.6) is 0 Å². The van der Waals surface area contributed by atoms with Crippen LogP contribution in [0, 0.1) is 25.2 Å². The van der Waals surface area contributed by atoms with Crippen molar-refractivity contribution < 1.29 is 0 Å². The largest absolute Gasteiger partial charge is 0.306 e. The van der Waals surface area contributed by atoms with Crippen LogP contribution in [0.2, 0.25) is 0 Å². The Morgan fingerprint density at radius 2 is 2.00 bits per heavy atom. The first kappa shape index (κ1) is 15.7. The highest BCUT2D eigenvalue weighted by atomic mass is 32.2. The lowest BCUT2D eigenvalue weighted by atomic mass is 10.2. The standard InChI is InChI=1S/C18H16N6S/c1-4-23-12(3)21-22-18(23)25-16-9-11(2)13(10-19)17-20-14-7-5-6-8-15(14)24(16)17/h5-9H,4H2,1-3H3. The van der Waals surface area contributed by atoms with Gasteiger partial charge in [0.15, 0.2) is 10.8 Å². The van der Waals surface area contributed by atoms with E-state index >= 15 is 0 Å². The van der Waals surface area contributed by atoms with Gasteiger partial charge >= 0.3 is 0 Å². The summed E-state index contributed by atoms with van der Waals surface area (Å²) in [6.07, 6.45) is 0. The van der Waals surface area contributed by atoms with Gasteiger partial charge in [-0.3, -0.25) is 4.40 Å². The Balaban J connectivity index is 2.02. The molecule has 0 aliphatic rings. The molecule has 0 aliphatic carbocycles. The molecule has 4 aromatic rings. The third kappa shape index (κ3) is 2.37. The number of para-hydroxylation sites is 2. The smallest absolute Gasteiger partial charge is 0.197 e. The number of nitriles is 1. The van der Waals surface area contributed by atoms with Crippen LogP contribution in [0.4, 0.5) is 0 Å². The average Bonchev–Trinajstić information content (AvgIpc) is 3.15. The fraction of sp³-hybridized carbons (Fsp3) is 0.222. The minimum Gasteiger partial charge on any atom is -0.306 e. The molecule has 0 atom stereocenters. The van der Waals surface area contributed by atoms with Crippen LogP contribution >= 0.6 is 11.8 Å². The van der Waals surface area contributed by atoms with Crippen LogP contribution in [-0.2, 0) is 6.54 Å². The molecule has 0 fully saturated rings. The third-order valence-corrected chi connectivity index (χ3v) is 5.26. The Morgan fingerprint density at radius 1 is 1.20 bits per heavy atom. The number of aryl methyl sites for hydroxylation is 2. The Kier molecular flexibility index (Phi) is 3.70. The van der Waals surface area contributed by atoms with E-state index in [2.05, 4.69) is 32.7 Å². The molecule has 0 unspecified atom stereocenters. The van der Waals surface area contributed by atoms with Gasteiger partial charge in [0.25, 0.3) is 0 Å². The van der Waals surface area contributed by atoms with Gasteiger partial charge in [0.05, 0.1) is 21.6 Å². The van der Waals surface area contributed by atoms with Gasteiger partial charge in [-0.1, -0.05) is 12.1 Å². The molecular weight excluding hydrogens is 332 g/mol. The van der Waals surface area contributed by atoms with Gasteiger partial charge in [-0.2, -0.15) is 5.26 Å². The molecule has 0 saturated carbocycles.